The van der Waals surface area contributed by atoms with Gasteiger partial charge in [-0.1, -0.05) is 0 Å². The number of phenols is 1. The van der Waals surface area contributed by atoms with Gasteiger partial charge in [-0.2, -0.15) is 0 Å². The number of methoxy groups -OCH3 is 4. The first-order chi connectivity index (χ1) is 21.3. The predicted octanol–water partition coefficient (Wildman–Crippen LogP) is 0.409. The molecule has 15 heteroatoms. The van der Waals surface area contributed by atoms with Crippen molar-refractivity contribution in [1.29, 1.82) is 0 Å². The normalized spacial score (nSPS) is 32.3. The highest BCUT2D eigenvalue weighted by Crippen LogP contribution is 2.59. The van der Waals surface area contributed by atoms with Crippen molar-refractivity contribution in [2.75, 3.05) is 55.1 Å². The second-order valence-electron chi connectivity index (χ2n) is 10.8. The van der Waals surface area contributed by atoms with Gasteiger partial charge in [-0.05, 0) is 12.1 Å². The minimum absolute atomic E-state index is 0.00269. The molecule has 4 heterocycles. The molecule has 3 saturated heterocycles. The van der Waals surface area contributed by atoms with Gasteiger partial charge >= 0.3 is 0 Å². The van der Waals surface area contributed by atoms with Gasteiger partial charge in [0.2, 0.25) is 36.1 Å². The summed E-state index contributed by atoms with van der Waals surface area (Å²) < 4.78 is 57.8. The molecule has 2 aromatic rings. The van der Waals surface area contributed by atoms with Gasteiger partial charge in [-0.3, -0.25) is 0 Å². The fourth-order valence-corrected chi connectivity index (χ4v) is 6.44. The van der Waals surface area contributed by atoms with Crippen LogP contribution in [-0.4, -0.2) is 111 Å². The van der Waals surface area contributed by atoms with Crippen LogP contribution in [0.25, 0.3) is 0 Å². The molecule has 0 bridgehead atoms. The fourth-order valence-electron chi connectivity index (χ4n) is 6.44. The van der Waals surface area contributed by atoms with E-state index in [9.17, 15) is 25.5 Å². The molecule has 15 nitrogen and oxygen atoms in total. The number of aliphatic hydroxyl groups excluding tert-OH is 4. The molecule has 242 valence electrons. The SMILES string of the molecule is COc1c(O)cc([C@H]2OC[C@H]3[C@@H]2CO[C@@H]3c2cc3c(c(OC)c2OC)OCO3)c(O[C@@H]2O[C@H](CO)[C@@H](O)[C@H](O)[C@H]2O)c1OC. The Morgan fingerprint density at radius 2 is 1.34 bits per heavy atom. The van der Waals surface area contributed by atoms with Crippen LogP contribution in [0.3, 0.4) is 0 Å². The molecule has 5 N–H and O–H groups in total. The summed E-state index contributed by atoms with van der Waals surface area (Å²) in [7, 11) is 5.71. The van der Waals surface area contributed by atoms with Gasteiger partial charge in [0.05, 0.1) is 60.5 Å². The van der Waals surface area contributed by atoms with Crippen LogP contribution >= 0.6 is 0 Å². The van der Waals surface area contributed by atoms with Crippen LogP contribution in [0, 0.1) is 11.8 Å². The van der Waals surface area contributed by atoms with Crippen LogP contribution < -0.4 is 33.2 Å². The zero-order valence-electron chi connectivity index (χ0n) is 24.5. The first-order valence-electron chi connectivity index (χ1n) is 14.0. The van der Waals surface area contributed by atoms with E-state index in [0.29, 0.717) is 34.1 Å². The minimum Gasteiger partial charge on any atom is -0.504 e. The average Bonchev–Trinajstić information content (AvgIpc) is 3.77. The first kappa shape index (κ1) is 30.6. The lowest BCUT2D eigenvalue weighted by Crippen LogP contribution is -2.60. The van der Waals surface area contributed by atoms with E-state index in [0.717, 1.165) is 0 Å². The Bertz CT molecular complexity index is 1370. The van der Waals surface area contributed by atoms with Gasteiger partial charge in [-0.15, -0.1) is 0 Å². The van der Waals surface area contributed by atoms with Crippen LogP contribution in [0.1, 0.15) is 23.3 Å². The molecular weight excluding hydrogens is 588 g/mol. The zero-order valence-corrected chi connectivity index (χ0v) is 24.5. The summed E-state index contributed by atoms with van der Waals surface area (Å²) in [4.78, 5) is 0. The number of hydrogen-bond acceptors (Lipinski definition) is 15. The molecule has 0 unspecified atom stereocenters. The van der Waals surface area contributed by atoms with E-state index in [1.54, 1.807) is 6.07 Å². The maximum Gasteiger partial charge on any atom is 0.231 e. The third-order valence-corrected chi connectivity index (χ3v) is 8.58. The van der Waals surface area contributed by atoms with E-state index in [4.69, 9.17) is 47.4 Å². The van der Waals surface area contributed by atoms with E-state index in [1.165, 1.54) is 34.5 Å². The van der Waals surface area contributed by atoms with E-state index >= 15 is 0 Å². The minimum atomic E-state index is -1.70. The maximum atomic E-state index is 10.9. The molecule has 0 saturated carbocycles. The van der Waals surface area contributed by atoms with Crippen molar-refractivity contribution in [2.45, 2.75) is 42.9 Å². The molecular formula is C29H36O15. The highest BCUT2D eigenvalue weighted by molar-refractivity contribution is 5.65. The first-order valence-corrected chi connectivity index (χ1v) is 14.0. The van der Waals surface area contributed by atoms with Crippen molar-refractivity contribution >= 4 is 0 Å². The topological polar surface area (TPSA) is 193 Å². The van der Waals surface area contributed by atoms with E-state index in [2.05, 4.69) is 0 Å². The lowest BCUT2D eigenvalue weighted by Gasteiger charge is -2.40. The van der Waals surface area contributed by atoms with Crippen molar-refractivity contribution in [3.8, 4) is 46.0 Å². The third-order valence-electron chi connectivity index (χ3n) is 8.58. The van der Waals surface area contributed by atoms with Crippen LogP contribution in [0.15, 0.2) is 12.1 Å². The molecule has 6 rings (SSSR count). The third kappa shape index (κ3) is 4.79. The smallest absolute Gasteiger partial charge is 0.231 e. The van der Waals surface area contributed by atoms with Gasteiger partial charge in [0.15, 0.2) is 23.0 Å². The van der Waals surface area contributed by atoms with Gasteiger partial charge in [0.25, 0.3) is 0 Å². The fraction of sp³-hybridized carbons (Fsp3) is 0.586. The molecule has 0 aliphatic carbocycles. The van der Waals surface area contributed by atoms with Gasteiger partial charge in [-0.25, -0.2) is 0 Å². The van der Waals surface area contributed by atoms with Crippen molar-refractivity contribution in [3.63, 3.8) is 0 Å². The van der Waals surface area contributed by atoms with Crippen LogP contribution in [-0.2, 0) is 14.2 Å². The van der Waals surface area contributed by atoms with Crippen LogP contribution in [0.5, 0.6) is 46.0 Å². The lowest BCUT2D eigenvalue weighted by atomic mass is 9.84. The summed E-state index contributed by atoms with van der Waals surface area (Å²) in [6.45, 7) is -0.0832. The number of phenolic OH excluding ortho intramolecular Hbond substituents is 1. The molecule has 0 amide bonds. The van der Waals surface area contributed by atoms with Gasteiger partial charge in [0.1, 0.15) is 24.4 Å². The summed E-state index contributed by atoms with van der Waals surface area (Å²) in [6.07, 6.45) is -8.88. The highest BCUT2D eigenvalue weighted by atomic mass is 16.7. The number of aromatic hydroxyl groups is 1. The highest BCUT2D eigenvalue weighted by Gasteiger charge is 2.52. The summed E-state index contributed by atoms with van der Waals surface area (Å²) in [5, 5.41) is 51.9. The Hall–Kier alpha value is -3.44. The molecule has 4 aliphatic heterocycles. The maximum absolute atomic E-state index is 10.9. The van der Waals surface area contributed by atoms with Gasteiger partial charge in [0, 0.05) is 23.0 Å². The van der Waals surface area contributed by atoms with Crippen molar-refractivity contribution < 1.29 is 72.9 Å². The van der Waals surface area contributed by atoms with E-state index in [-0.39, 0.29) is 54.8 Å². The summed E-state index contributed by atoms with van der Waals surface area (Å²) in [5.74, 6) is 1.01. The lowest BCUT2D eigenvalue weighted by molar-refractivity contribution is -0.277. The van der Waals surface area contributed by atoms with Gasteiger partial charge < -0.3 is 72.9 Å². The van der Waals surface area contributed by atoms with E-state index < -0.39 is 49.5 Å². The molecule has 4 aliphatic rings. The molecule has 0 aromatic heterocycles. The Labute approximate surface area is 252 Å². The van der Waals surface area contributed by atoms with Crippen molar-refractivity contribution in [3.05, 3.63) is 23.3 Å². The predicted molar refractivity (Wildman–Crippen MR) is 146 cm³/mol. The van der Waals surface area contributed by atoms with Crippen molar-refractivity contribution in [2.24, 2.45) is 11.8 Å². The van der Waals surface area contributed by atoms with Crippen molar-refractivity contribution in [1.82, 2.24) is 0 Å². The summed E-state index contributed by atoms with van der Waals surface area (Å²) >= 11 is 0. The number of ether oxygens (including phenoxy) is 10. The Kier molecular flexibility index (Phi) is 8.45. The number of fused-ring (bicyclic) bond motifs is 2. The molecule has 0 radical (unpaired) electrons. The Balaban J connectivity index is 1.36. The van der Waals surface area contributed by atoms with Crippen LogP contribution in [0.2, 0.25) is 0 Å². The van der Waals surface area contributed by atoms with Crippen LogP contribution in [0.4, 0.5) is 0 Å². The summed E-state index contributed by atoms with van der Waals surface area (Å²) in [5.41, 5.74) is 1.03. The average molecular weight is 625 g/mol. The second kappa shape index (κ2) is 12.2. The van der Waals surface area contributed by atoms with E-state index in [1.807, 2.05) is 0 Å². The Morgan fingerprint density at radius 3 is 1.93 bits per heavy atom. The Morgan fingerprint density at radius 1 is 0.727 bits per heavy atom. The molecule has 9 atom stereocenters. The quantitative estimate of drug-likeness (QED) is 0.257. The number of aliphatic hydroxyl groups is 4. The molecule has 2 aromatic carbocycles. The number of hydrogen-bond donors (Lipinski definition) is 5. The monoisotopic (exact) mass is 624 g/mol. The number of rotatable bonds is 9. The molecule has 3 fully saturated rings. The molecule has 0 spiro atoms. The largest absolute Gasteiger partial charge is 0.504 e. The zero-order chi connectivity index (χ0) is 31.3. The number of benzene rings is 2. The second-order valence-corrected chi connectivity index (χ2v) is 10.8. The standard InChI is InChI=1S/C29H36O15/c1-35-23-12(6-16-26(27(23)37-3)42-10-41-16)22-14-9-39-21(13(14)8-40-22)11-5-15(31)25(36-2)28(38-4)24(11)44-29-20(34)19(33)18(32)17(7-30)43-29/h5-6,13-14,17-22,29-34H,7-10H2,1-4H3/t13-,14-,17+,18+,19-,20+,21+,22+,29-/m0/s1. The molecule has 44 heavy (non-hydrogen) atoms. The summed E-state index contributed by atoms with van der Waals surface area (Å²) in [6, 6.07) is 3.21.